The first-order chi connectivity index (χ1) is 11.4. The lowest BCUT2D eigenvalue weighted by molar-refractivity contribution is 0.0920. The van der Waals surface area contributed by atoms with E-state index in [9.17, 15) is 17.4 Å². The van der Waals surface area contributed by atoms with Gasteiger partial charge in [-0.1, -0.05) is 19.1 Å². The maximum Gasteiger partial charge on any atom is 0.252 e. The number of rotatable bonds is 6. The lowest BCUT2D eigenvalue weighted by atomic mass is 10.1. The number of nitrogens with zero attached hydrogens (tertiary/aromatic N) is 1. The number of carbonyl (C=O) groups excluding carboxylic acids is 1. The van der Waals surface area contributed by atoms with Crippen LogP contribution >= 0.6 is 0 Å². The number of piperidine rings is 1. The van der Waals surface area contributed by atoms with Crippen molar-refractivity contribution in [3.63, 3.8) is 0 Å². The van der Waals surface area contributed by atoms with Gasteiger partial charge >= 0.3 is 0 Å². The number of nitrogens with one attached hydrogen (secondary N) is 1. The summed E-state index contributed by atoms with van der Waals surface area (Å²) >= 11 is 0. The van der Waals surface area contributed by atoms with Crippen LogP contribution in [0.5, 0.6) is 0 Å². The van der Waals surface area contributed by atoms with Crippen LogP contribution in [0.1, 0.15) is 37.0 Å². The summed E-state index contributed by atoms with van der Waals surface area (Å²) in [4.78, 5) is 13.1. The molecular formula is C16H24N2O4S2. The largest absolute Gasteiger partial charge is 0.349 e. The molecule has 1 amide bonds. The van der Waals surface area contributed by atoms with Gasteiger partial charge in [-0.2, -0.15) is 0 Å². The summed E-state index contributed by atoms with van der Waals surface area (Å²) in [5.74, 6) is 0.307. The second-order valence-electron chi connectivity index (χ2n) is 5.68. The topological polar surface area (TPSA) is 83.6 Å². The highest BCUT2D eigenvalue weighted by Gasteiger charge is 2.28. The van der Waals surface area contributed by atoms with Gasteiger partial charge in [0, 0.05) is 24.9 Å². The molecule has 1 fully saturated rings. The molecule has 1 aliphatic rings. The maximum absolute atomic E-state index is 12.5. The molecule has 2 rings (SSSR count). The molecule has 0 aromatic heterocycles. The molecular weight excluding hydrogens is 348 g/mol. The van der Waals surface area contributed by atoms with Gasteiger partial charge in [0.1, 0.15) is 0 Å². The first-order valence-corrected chi connectivity index (χ1v) is 11.1. The number of sulfonamides is 1. The van der Waals surface area contributed by atoms with Crippen LogP contribution in [0.25, 0.3) is 0 Å². The Bertz CT molecular complexity index is 711. The van der Waals surface area contributed by atoms with E-state index >= 15 is 0 Å². The van der Waals surface area contributed by atoms with E-state index in [1.165, 1.54) is 4.31 Å². The van der Waals surface area contributed by atoms with E-state index in [4.69, 9.17) is 0 Å². The molecule has 0 aliphatic carbocycles. The summed E-state index contributed by atoms with van der Waals surface area (Å²) in [6, 6.07) is 6.85. The molecule has 134 valence electrons. The summed E-state index contributed by atoms with van der Waals surface area (Å²) in [7, 11) is -4.36. The molecule has 1 aliphatic heterocycles. The molecule has 0 radical (unpaired) electrons. The molecule has 1 aromatic rings. The van der Waals surface area contributed by atoms with E-state index in [0.29, 0.717) is 42.1 Å². The van der Waals surface area contributed by atoms with E-state index in [0.717, 1.165) is 0 Å². The fourth-order valence-corrected chi connectivity index (χ4v) is 4.81. The second-order valence-corrected chi connectivity index (χ2v) is 9.64. The molecule has 6 nitrogen and oxygen atoms in total. The van der Waals surface area contributed by atoms with Crippen molar-refractivity contribution in [2.45, 2.75) is 37.6 Å². The van der Waals surface area contributed by atoms with Crippen LogP contribution in [0, 0.1) is 0 Å². The first kappa shape index (κ1) is 19.1. The third-order valence-corrected chi connectivity index (χ3v) is 7.44. The molecule has 1 saturated heterocycles. The van der Waals surface area contributed by atoms with Gasteiger partial charge in [-0.25, -0.2) is 12.7 Å². The van der Waals surface area contributed by atoms with Gasteiger partial charge in [0.25, 0.3) is 5.91 Å². The van der Waals surface area contributed by atoms with Crippen LogP contribution in [0.4, 0.5) is 0 Å². The number of carbonyl (C=O) groups is 1. The molecule has 0 saturated carbocycles. The molecule has 1 heterocycles. The molecule has 24 heavy (non-hydrogen) atoms. The highest BCUT2D eigenvalue weighted by atomic mass is 32.2. The van der Waals surface area contributed by atoms with Crippen LogP contribution in [0.2, 0.25) is 0 Å². The Hall–Kier alpha value is -1.25. The van der Waals surface area contributed by atoms with Crippen molar-refractivity contribution in [2.75, 3.05) is 24.6 Å². The Morgan fingerprint density at radius 1 is 1.25 bits per heavy atom. The van der Waals surface area contributed by atoms with Crippen molar-refractivity contribution in [3.8, 4) is 0 Å². The van der Waals surface area contributed by atoms with Crippen molar-refractivity contribution in [1.82, 2.24) is 9.62 Å². The smallest absolute Gasteiger partial charge is 0.252 e. The number of hydrogen-bond acceptors (Lipinski definition) is 4. The van der Waals surface area contributed by atoms with Crippen molar-refractivity contribution in [1.29, 1.82) is 0 Å². The van der Waals surface area contributed by atoms with E-state index in [1.807, 2.05) is 6.92 Å². The highest BCUT2D eigenvalue weighted by Crippen LogP contribution is 2.17. The highest BCUT2D eigenvalue weighted by molar-refractivity contribution is 7.89. The normalized spacial score (nSPS) is 18.2. The lowest BCUT2D eigenvalue weighted by Crippen LogP contribution is -2.47. The minimum absolute atomic E-state index is 0.0658. The van der Waals surface area contributed by atoms with Gasteiger partial charge in [0.05, 0.1) is 27.0 Å². The SMILES string of the molecule is CC[S@](=O)c1ccccc1C(=O)NC1CCN(S(=O)(=O)CC)CC1. The molecule has 0 unspecified atom stereocenters. The Balaban J connectivity index is 2.01. The van der Waals surface area contributed by atoms with Crippen LogP contribution in [-0.2, 0) is 20.8 Å². The van der Waals surface area contributed by atoms with Gasteiger partial charge in [-0.15, -0.1) is 0 Å². The van der Waals surface area contributed by atoms with Crippen LogP contribution in [0.15, 0.2) is 29.2 Å². The second kappa shape index (κ2) is 8.22. The predicted molar refractivity (Wildman–Crippen MR) is 94.9 cm³/mol. The Morgan fingerprint density at radius 2 is 1.88 bits per heavy atom. The number of hydrogen-bond donors (Lipinski definition) is 1. The average Bonchev–Trinajstić information content (AvgIpc) is 2.61. The third-order valence-electron chi connectivity index (χ3n) is 4.19. The minimum atomic E-state index is -3.17. The van der Waals surface area contributed by atoms with Gasteiger partial charge in [0.15, 0.2) is 0 Å². The minimum Gasteiger partial charge on any atom is -0.349 e. The zero-order chi connectivity index (χ0) is 17.7. The van der Waals surface area contributed by atoms with Crippen LogP contribution < -0.4 is 5.32 Å². The summed E-state index contributed by atoms with van der Waals surface area (Å²) in [5.41, 5.74) is 0.432. The summed E-state index contributed by atoms with van der Waals surface area (Å²) < 4.78 is 37.3. The zero-order valence-corrected chi connectivity index (χ0v) is 15.7. The van der Waals surface area contributed by atoms with Gasteiger partial charge in [-0.05, 0) is 31.9 Å². The van der Waals surface area contributed by atoms with E-state index in [2.05, 4.69) is 5.32 Å². The van der Waals surface area contributed by atoms with Crippen LogP contribution in [-0.4, -0.2) is 53.5 Å². The average molecular weight is 373 g/mol. The van der Waals surface area contributed by atoms with Crippen molar-refractivity contribution in [2.24, 2.45) is 0 Å². The predicted octanol–water partition coefficient (Wildman–Crippen LogP) is 1.36. The summed E-state index contributed by atoms with van der Waals surface area (Å²) in [6.07, 6.45) is 1.17. The lowest BCUT2D eigenvalue weighted by Gasteiger charge is -2.31. The Kier molecular flexibility index (Phi) is 6.54. The molecule has 1 atom stereocenters. The van der Waals surface area contributed by atoms with Crippen molar-refractivity contribution >= 4 is 26.7 Å². The van der Waals surface area contributed by atoms with Gasteiger partial charge < -0.3 is 5.32 Å². The number of amides is 1. The zero-order valence-electron chi connectivity index (χ0n) is 14.0. The van der Waals surface area contributed by atoms with Crippen molar-refractivity contribution in [3.05, 3.63) is 29.8 Å². The standard InChI is InChI=1S/C16H24N2O4S2/c1-3-23(20)15-8-6-5-7-14(15)16(19)17-13-9-11-18(12-10-13)24(21,22)4-2/h5-8,13H,3-4,9-12H2,1-2H3,(H,17,19)/t23-/m0/s1. The van der Waals surface area contributed by atoms with Crippen LogP contribution in [0.3, 0.4) is 0 Å². The maximum atomic E-state index is 12.5. The van der Waals surface area contributed by atoms with E-state index < -0.39 is 20.8 Å². The fraction of sp³-hybridized carbons (Fsp3) is 0.562. The van der Waals surface area contributed by atoms with Crippen molar-refractivity contribution < 1.29 is 17.4 Å². The summed E-state index contributed by atoms with van der Waals surface area (Å²) in [6.45, 7) is 4.29. The third kappa shape index (κ3) is 4.43. The Morgan fingerprint density at radius 3 is 2.46 bits per heavy atom. The van der Waals surface area contributed by atoms with Gasteiger partial charge in [-0.3, -0.25) is 9.00 Å². The monoisotopic (exact) mass is 372 g/mol. The quantitative estimate of drug-likeness (QED) is 0.817. The summed E-state index contributed by atoms with van der Waals surface area (Å²) in [5, 5.41) is 2.95. The fourth-order valence-electron chi connectivity index (χ4n) is 2.73. The first-order valence-electron chi connectivity index (χ1n) is 8.15. The van der Waals surface area contributed by atoms with E-state index in [-0.39, 0.29) is 17.7 Å². The molecule has 0 spiro atoms. The molecule has 0 bridgehead atoms. The number of benzene rings is 1. The van der Waals surface area contributed by atoms with E-state index in [1.54, 1.807) is 31.2 Å². The van der Waals surface area contributed by atoms with Gasteiger partial charge in [0.2, 0.25) is 10.0 Å². The Labute approximate surface area is 146 Å². The molecule has 1 aromatic carbocycles. The molecule has 8 heteroatoms. The molecule has 1 N–H and O–H groups in total.